The highest BCUT2D eigenvalue weighted by molar-refractivity contribution is 7.89. The van der Waals surface area contributed by atoms with Crippen LogP contribution >= 0.6 is 0 Å². The maximum Gasteiger partial charge on any atom is 0.244 e. The molecule has 1 aliphatic carbocycles. The Morgan fingerprint density at radius 2 is 2.11 bits per heavy atom. The smallest absolute Gasteiger partial charge is 0.244 e. The van der Waals surface area contributed by atoms with E-state index in [1.807, 2.05) is 14.0 Å². The number of nitrogens with one attached hydrogen (secondary N) is 2. The number of likely N-dealkylation sites (N-methyl/N-ethyl adjacent to an activating group) is 1. The number of sulfonamides is 1. The quantitative estimate of drug-likeness (QED) is 0.810. The average molecular weight is 286 g/mol. The predicted octanol–water partition coefficient (Wildman–Crippen LogP) is 0.788. The molecular formula is C12H22N4O2S. The maximum absolute atomic E-state index is 12.3. The monoisotopic (exact) mass is 286 g/mol. The molecule has 1 saturated carbocycles. The van der Waals surface area contributed by atoms with E-state index >= 15 is 0 Å². The third kappa shape index (κ3) is 3.16. The first-order valence-corrected chi connectivity index (χ1v) is 8.04. The van der Waals surface area contributed by atoms with Crippen molar-refractivity contribution in [1.82, 2.24) is 19.8 Å². The summed E-state index contributed by atoms with van der Waals surface area (Å²) in [6.45, 7) is 5.86. The molecule has 0 bridgehead atoms. The summed E-state index contributed by atoms with van der Waals surface area (Å²) in [5, 5.41) is 6.63. The van der Waals surface area contributed by atoms with E-state index in [0.717, 1.165) is 0 Å². The third-order valence-electron chi connectivity index (χ3n) is 3.72. The van der Waals surface area contributed by atoms with E-state index in [1.54, 1.807) is 13.8 Å². The van der Waals surface area contributed by atoms with Gasteiger partial charge in [-0.3, -0.25) is 10.00 Å². The second kappa shape index (κ2) is 5.22. The van der Waals surface area contributed by atoms with E-state index in [0.29, 0.717) is 24.0 Å². The van der Waals surface area contributed by atoms with Gasteiger partial charge in [0.25, 0.3) is 0 Å². The van der Waals surface area contributed by atoms with Gasteiger partial charge >= 0.3 is 0 Å². The minimum Gasteiger partial charge on any atom is -0.299 e. The van der Waals surface area contributed by atoms with Crippen LogP contribution in [0.15, 0.2) is 4.90 Å². The molecule has 0 spiro atoms. The number of nitrogens with zero attached hydrogens (tertiary/aromatic N) is 2. The molecule has 108 valence electrons. The van der Waals surface area contributed by atoms with E-state index in [-0.39, 0.29) is 10.9 Å². The molecule has 2 rings (SSSR count). The minimum absolute atomic E-state index is 0.190. The molecule has 6 nitrogen and oxygen atoms in total. The van der Waals surface area contributed by atoms with E-state index in [2.05, 4.69) is 19.8 Å². The van der Waals surface area contributed by atoms with Crippen molar-refractivity contribution in [3.8, 4) is 0 Å². The molecule has 1 unspecified atom stereocenters. The fourth-order valence-electron chi connectivity index (χ4n) is 2.22. The summed E-state index contributed by atoms with van der Waals surface area (Å²) < 4.78 is 27.2. The molecule has 19 heavy (non-hydrogen) atoms. The van der Waals surface area contributed by atoms with Gasteiger partial charge in [-0.25, -0.2) is 13.1 Å². The molecule has 0 aliphatic heterocycles. The van der Waals surface area contributed by atoms with Crippen molar-refractivity contribution in [2.24, 2.45) is 0 Å². The van der Waals surface area contributed by atoms with Crippen LogP contribution in [0.4, 0.5) is 0 Å². The molecule has 1 aromatic heterocycles. The van der Waals surface area contributed by atoms with E-state index in [1.165, 1.54) is 12.8 Å². The molecule has 1 fully saturated rings. The number of aromatic amines is 1. The van der Waals surface area contributed by atoms with E-state index < -0.39 is 10.0 Å². The van der Waals surface area contributed by atoms with Crippen molar-refractivity contribution in [3.05, 3.63) is 11.4 Å². The summed E-state index contributed by atoms with van der Waals surface area (Å²) in [6.07, 6.45) is 2.43. The Hall–Kier alpha value is -0.920. The Labute approximate surface area is 114 Å². The number of hydrogen-bond donors (Lipinski definition) is 2. The Bertz CT molecular complexity index is 529. The SMILES string of the molecule is Cc1n[nH]c(C)c1S(=O)(=O)NCC(C)N(C)C1CC1. The fraction of sp³-hybridized carbons (Fsp3) is 0.750. The molecule has 0 radical (unpaired) electrons. The highest BCUT2D eigenvalue weighted by Crippen LogP contribution is 2.26. The topological polar surface area (TPSA) is 78.1 Å². The van der Waals surface area contributed by atoms with Crippen LogP contribution in [-0.4, -0.2) is 49.2 Å². The zero-order chi connectivity index (χ0) is 14.2. The van der Waals surface area contributed by atoms with Gasteiger partial charge < -0.3 is 0 Å². The lowest BCUT2D eigenvalue weighted by Crippen LogP contribution is -2.41. The molecule has 1 atom stereocenters. The van der Waals surface area contributed by atoms with Crippen molar-refractivity contribution in [1.29, 1.82) is 0 Å². The van der Waals surface area contributed by atoms with Crippen molar-refractivity contribution in [3.63, 3.8) is 0 Å². The molecule has 1 aromatic rings. The predicted molar refractivity (Wildman–Crippen MR) is 73.5 cm³/mol. The lowest BCUT2D eigenvalue weighted by Gasteiger charge is -2.24. The molecule has 0 aromatic carbocycles. The number of aromatic nitrogens is 2. The van der Waals surface area contributed by atoms with Crippen LogP contribution in [0.5, 0.6) is 0 Å². The summed E-state index contributed by atoms with van der Waals surface area (Å²) in [4.78, 5) is 2.51. The second-order valence-corrected chi connectivity index (χ2v) is 7.06. The zero-order valence-corrected chi connectivity index (χ0v) is 12.7. The molecule has 1 aliphatic rings. The van der Waals surface area contributed by atoms with Gasteiger partial charge in [-0.1, -0.05) is 0 Å². The minimum atomic E-state index is -3.48. The van der Waals surface area contributed by atoms with E-state index in [4.69, 9.17) is 0 Å². The Morgan fingerprint density at radius 3 is 2.58 bits per heavy atom. The van der Waals surface area contributed by atoms with Gasteiger partial charge in [0.1, 0.15) is 4.90 Å². The van der Waals surface area contributed by atoms with Gasteiger partial charge in [-0.05, 0) is 40.7 Å². The molecule has 7 heteroatoms. The van der Waals surface area contributed by atoms with Crippen molar-refractivity contribution >= 4 is 10.0 Å². The van der Waals surface area contributed by atoms with E-state index in [9.17, 15) is 8.42 Å². The summed E-state index contributed by atoms with van der Waals surface area (Å²) in [6, 6.07) is 0.812. The highest BCUT2D eigenvalue weighted by atomic mass is 32.2. The number of hydrogen-bond acceptors (Lipinski definition) is 4. The Balaban J connectivity index is 2.02. The van der Waals surface area contributed by atoms with Crippen molar-refractivity contribution in [2.45, 2.75) is 50.6 Å². The van der Waals surface area contributed by atoms with Crippen LogP contribution in [0.25, 0.3) is 0 Å². The number of rotatable bonds is 6. The highest BCUT2D eigenvalue weighted by Gasteiger charge is 2.30. The molecule has 1 heterocycles. The first-order valence-electron chi connectivity index (χ1n) is 6.56. The lowest BCUT2D eigenvalue weighted by atomic mass is 10.3. The molecular weight excluding hydrogens is 264 g/mol. The standard InChI is InChI=1S/C12H22N4O2S/c1-8(16(4)11-5-6-11)7-13-19(17,18)12-9(2)14-15-10(12)3/h8,11,13H,5-7H2,1-4H3,(H,14,15). The summed E-state index contributed by atoms with van der Waals surface area (Å²) in [5.41, 5.74) is 1.08. The molecule has 0 saturated heterocycles. The van der Waals surface area contributed by atoms with Crippen LogP contribution in [-0.2, 0) is 10.0 Å². The number of H-pyrrole nitrogens is 1. The van der Waals surface area contributed by atoms with Gasteiger partial charge in [-0.2, -0.15) is 5.10 Å². The summed E-state index contributed by atoms with van der Waals surface area (Å²) in [7, 11) is -1.44. The van der Waals surface area contributed by atoms with Gasteiger partial charge in [0.15, 0.2) is 0 Å². The normalized spacial score (nSPS) is 17.9. The average Bonchev–Trinajstić information content (AvgIpc) is 3.12. The lowest BCUT2D eigenvalue weighted by molar-refractivity contribution is 0.248. The Kier molecular flexibility index (Phi) is 3.98. The van der Waals surface area contributed by atoms with Crippen LogP contribution in [0.2, 0.25) is 0 Å². The Morgan fingerprint density at radius 1 is 1.47 bits per heavy atom. The van der Waals surface area contributed by atoms with Crippen molar-refractivity contribution in [2.75, 3.05) is 13.6 Å². The van der Waals surface area contributed by atoms with Crippen LogP contribution in [0.1, 0.15) is 31.2 Å². The first-order chi connectivity index (χ1) is 8.83. The first kappa shape index (κ1) is 14.5. The van der Waals surface area contributed by atoms with Crippen LogP contribution in [0.3, 0.4) is 0 Å². The van der Waals surface area contributed by atoms with Gasteiger partial charge in [0.05, 0.1) is 11.4 Å². The van der Waals surface area contributed by atoms with Crippen LogP contribution < -0.4 is 4.72 Å². The fourth-order valence-corrected chi connectivity index (χ4v) is 3.71. The number of aryl methyl sites for hydroxylation is 2. The largest absolute Gasteiger partial charge is 0.299 e. The zero-order valence-electron chi connectivity index (χ0n) is 11.9. The van der Waals surface area contributed by atoms with Gasteiger partial charge in [0, 0.05) is 18.6 Å². The third-order valence-corrected chi connectivity index (χ3v) is 5.40. The summed E-state index contributed by atoms with van der Waals surface area (Å²) in [5.74, 6) is 0. The van der Waals surface area contributed by atoms with Gasteiger partial charge in [0.2, 0.25) is 10.0 Å². The van der Waals surface area contributed by atoms with Crippen LogP contribution in [0, 0.1) is 13.8 Å². The summed E-state index contributed by atoms with van der Waals surface area (Å²) >= 11 is 0. The van der Waals surface area contributed by atoms with Gasteiger partial charge in [-0.15, -0.1) is 0 Å². The second-order valence-electron chi connectivity index (χ2n) is 5.36. The van der Waals surface area contributed by atoms with Crippen molar-refractivity contribution < 1.29 is 8.42 Å². The molecule has 2 N–H and O–H groups in total. The maximum atomic E-state index is 12.3. The molecule has 0 amide bonds.